The first kappa shape index (κ1) is 14.1. The lowest BCUT2D eigenvalue weighted by molar-refractivity contribution is -0.888. The smallest absolute Gasteiger partial charge is 0.171 e. The average Bonchev–Trinajstić information content (AvgIpc) is 2.67. The predicted octanol–water partition coefficient (Wildman–Crippen LogP) is 0.282. The Bertz CT molecular complexity index is 427. The Hall–Kier alpha value is -1.27. The van der Waals surface area contributed by atoms with Gasteiger partial charge in [-0.1, -0.05) is 0 Å². The summed E-state index contributed by atoms with van der Waals surface area (Å²) in [6, 6.07) is 0. The van der Waals surface area contributed by atoms with Crippen molar-refractivity contribution in [2.24, 2.45) is 0 Å². The Labute approximate surface area is 114 Å². The highest BCUT2D eigenvalue weighted by Gasteiger charge is 2.19. The molecular weight excluding hydrogens is 242 g/mol. The standard InChI is InChI=1S/C13H26N5O/c1-18(2,9-10-19)8-6-15-13-12(14)11-5-3-4-7-17(11)16-13/h19H,3-10,14H2,1-2H3,(H,15,16)/q+1. The van der Waals surface area contributed by atoms with Crippen molar-refractivity contribution in [1.82, 2.24) is 9.78 Å². The zero-order valence-electron chi connectivity index (χ0n) is 12.0. The van der Waals surface area contributed by atoms with Crippen LogP contribution in [0.1, 0.15) is 18.5 Å². The van der Waals surface area contributed by atoms with E-state index in [-0.39, 0.29) is 6.61 Å². The Morgan fingerprint density at radius 3 is 2.84 bits per heavy atom. The first-order valence-corrected chi connectivity index (χ1v) is 7.05. The zero-order valence-corrected chi connectivity index (χ0v) is 12.0. The third kappa shape index (κ3) is 3.39. The van der Waals surface area contributed by atoms with E-state index in [0.29, 0.717) is 0 Å². The van der Waals surface area contributed by atoms with Crippen molar-refractivity contribution in [3.8, 4) is 0 Å². The van der Waals surface area contributed by atoms with E-state index >= 15 is 0 Å². The molecule has 1 aromatic rings. The second-order valence-electron chi connectivity index (χ2n) is 5.92. The Kier molecular flexibility index (Phi) is 4.31. The molecule has 0 aliphatic carbocycles. The van der Waals surface area contributed by atoms with Crippen LogP contribution in [0.2, 0.25) is 0 Å². The van der Waals surface area contributed by atoms with E-state index in [0.717, 1.165) is 48.6 Å². The fraction of sp³-hybridized carbons (Fsp3) is 0.769. The number of aromatic nitrogens is 2. The first-order chi connectivity index (χ1) is 9.03. The summed E-state index contributed by atoms with van der Waals surface area (Å²) in [6.45, 7) is 3.70. The summed E-state index contributed by atoms with van der Waals surface area (Å²) in [5.41, 5.74) is 8.13. The van der Waals surface area contributed by atoms with Crippen molar-refractivity contribution in [3.63, 3.8) is 0 Å². The molecule has 0 radical (unpaired) electrons. The molecule has 6 heteroatoms. The van der Waals surface area contributed by atoms with E-state index in [1.54, 1.807) is 0 Å². The number of nitrogens with one attached hydrogen (secondary N) is 1. The lowest BCUT2D eigenvalue weighted by Gasteiger charge is -2.28. The van der Waals surface area contributed by atoms with Crippen LogP contribution in [0.4, 0.5) is 11.5 Å². The molecule has 0 saturated carbocycles. The summed E-state index contributed by atoms with van der Waals surface area (Å²) in [6.07, 6.45) is 3.43. The Balaban J connectivity index is 1.91. The largest absolute Gasteiger partial charge is 0.394 e. The number of rotatable bonds is 6. The van der Waals surface area contributed by atoms with Crippen LogP contribution >= 0.6 is 0 Å². The zero-order chi connectivity index (χ0) is 13.9. The van der Waals surface area contributed by atoms with E-state index in [9.17, 15) is 0 Å². The van der Waals surface area contributed by atoms with Crippen LogP contribution in [0.3, 0.4) is 0 Å². The fourth-order valence-corrected chi connectivity index (χ4v) is 2.50. The van der Waals surface area contributed by atoms with Gasteiger partial charge in [-0.2, -0.15) is 5.10 Å². The minimum absolute atomic E-state index is 0.216. The van der Waals surface area contributed by atoms with E-state index in [4.69, 9.17) is 10.8 Å². The van der Waals surface area contributed by atoms with Gasteiger partial charge in [0.25, 0.3) is 0 Å². The van der Waals surface area contributed by atoms with Crippen LogP contribution in [0.15, 0.2) is 0 Å². The number of anilines is 2. The van der Waals surface area contributed by atoms with Gasteiger partial charge in [0.2, 0.25) is 0 Å². The molecule has 0 amide bonds. The van der Waals surface area contributed by atoms with E-state index < -0.39 is 0 Å². The molecule has 0 fully saturated rings. The normalized spacial score (nSPS) is 15.3. The van der Waals surface area contributed by atoms with Crippen molar-refractivity contribution >= 4 is 11.5 Å². The van der Waals surface area contributed by atoms with Crippen molar-refractivity contribution in [3.05, 3.63) is 5.69 Å². The minimum atomic E-state index is 0.216. The second kappa shape index (κ2) is 5.79. The number of nitrogen functional groups attached to an aromatic ring is 1. The third-order valence-corrected chi connectivity index (χ3v) is 3.85. The number of hydrogen-bond acceptors (Lipinski definition) is 4. The number of aliphatic hydroxyl groups is 1. The monoisotopic (exact) mass is 268 g/mol. The predicted molar refractivity (Wildman–Crippen MR) is 77.0 cm³/mol. The number of fused-ring (bicyclic) bond motifs is 1. The molecule has 6 nitrogen and oxygen atoms in total. The molecule has 2 rings (SSSR count). The molecule has 0 saturated heterocycles. The number of nitrogens with two attached hydrogens (primary N) is 1. The lowest BCUT2D eigenvalue weighted by atomic mass is 10.1. The van der Waals surface area contributed by atoms with E-state index in [1.165, 1.54) is 18.5 Å². The first-order valence-electron chi connectivity index (χ1n) is 7.05. The van der Waals surface area contributed by atoms with Gasteiger partial charge in [0.05, 0.1) is 45.2 Å². The van der Waals surface area contributed by atoms with Crippen molar-refractivity contribution in [1.29, 1.82) is 0 Å². The van der Waals surface area contributed by atoms with Gasteiger partial charge in [-0.25, -0.2) is 0 Å². The molecule has 0 aromatic carbocycles. The van der Waals surface area contributed by atoms with Crippen LogP contribution in [0.25, 0.3) is 0 Å². The summed E-state index contributed by atoms with van der Waals surface area (Å²) in [5, 5.41) is 16.9. The maximum absolute atomic E-state index is 9.00. The SMILES string of the molecule is C[N+](C)(CCO)CCNc1nn2c(c1N)CCCC2. The maximum atomic E-state index is 9.00. The molecule has 19 heavy (non-hydrogen) atoms. The summed E-state index contributed by atoms with van der Waals surface area (Å²) in [7, 11) is 4.22. The molecule has 4 N–H and O–H groups in total. The van der Waals surface area contributed by atoms with Gasteiger partial charge in [-0.05, 0) is 19.3 Å². The van der Waals surface area contributed by atoms with E-state index in [1.807, 2.05) is 4.68 Å². The highest BCUT2D eigenvalue weighted by molar-refractivity contribution is 5.64. The molecule has 108 valence electrons. The number of quaternary nitrogens is 1. The van der Waals surface area contributed by atoms with Crippen molar-refractivity contribution in [2.75, 3.05) is 51.4 Å². The van der Waals surface area contributed by atoms with Crippen LogP contribution in [-0.2, 0) is 13.0 Å². The lowest BCUT2D eigenvalue weighted by Crippen LogP contribution is -2.45. The number of likely N-dealkylation sites (N-methyl/N-ethyl adjacent to an activating group) is 1. The van der Waals surface area contributed by atoms with Crippen LogP contribution in [0, 0.1) is 0 Å². The molecule has 0 spiro atoms. The van der Waals surface area contributed by atoms with Gasteiger partial charge in [0.1, 0.15) is 6.54 Å². The summed E-state index contributed by atoms with van der Waals surface area (Å²) in [5.74, 6) is 0.820. The number of aliphatic hydroxyl groups excluding tert-OH is 1. The Morgan fingerprint density at radius 2 is 2.16 bits per heavy atom. The highest BCUT2D eigenvalue weighted by atomic mass is 16.3. The van der Waals surface area contributed by atoms with Crippen LogP contribution < -0.4 is 11.1 Å². The average molecular weight is 268 g/mol. The van der Waals surface area contributed by atoms with Gasteiger partial charge in [-0.3, -0.25) is 4.68 Å². The van der Waals surface area contributed by atoms with Gasteiger partial charge in [0, 0.05) is 6.54 Å². The topological polar surface area (TPSA) is 76.1 Å². The fourth-order valence-electron chi connectivity index (χ4n) is 2.50. The molecule has 1 aliphatic heterocycles. The van der Waals surface area contributed by atoms with Crippen LogP contribution in [0.5, 0.6) is 0 Å². The van der Waals surface area contributed by atoms with E-state index in [2.05, 4.69) is 24.5 Å². The van der Waals surface area contributed by atoms with Crippen molar-refractivity contribution in [2.45, 2.75) is 25.8 Å². The molecule has 0 atom stereocenters. The summed E-state index contributed by atoms with van der Waals surface area (Å²) >= 11 is 0. The molecule has 2 heterocycles. The molecule has 1 aromatic heterocycles. The number of hydrogen-bond donors (Lipinski definition) is 3. The number of nitrogens with zero attached hydrogens (tertiary/aromatic N) is 3. The molecule has 0 unspecified atom stereocenters. The maximum Gasteiger partial charge on any atom is 0.171 e. The van der Waals surface area contributed by atoms with Gasteiger partial charge >= 0.3 is 0 Å². The molecular formula is C13H26N5O+. The van der Waals surface area contributed by atoms with Gasteiger partial charge < -0.3 is 20.6 Å². The summed E-state index contributed by atoms with van der Waals surface area (Å²) in [4.78, 5) is 0. The molecule has 1 aliphatic rings. The summed E-state index contributed by atoms with van der Waals surface area (Å²) < 4.78 is 2.83. The second-order valence-corrected chi connectivity index (χ2v) is 5.92. The third-order valence-electron chi connectivity index (χ3n) is 3.85. The highest BCUT2D eigenvalue weighted by Crippen LogP contribution is 2.26. The number of aryl methyl sites for hydroxylation is 1. The van der Waals surface area contributed by atoms with Gasteiger partial charge in [-0.15, -0.1) is 0 Å². The van der Waals surface area contributed by atoms with Crippen LogP contribution in [-0.4, -0.2) is 59.7 Å². The minimum Gasteiger partial charge on any atom is -0.394 e. The Morgan fingerprint density at radius 1 is 1.37 bits per heavy atom. The van der Waals surface area contributed by atoms with Crippen molar-refractivity contribution < 1.29 is 9.59 Å². The quantitative estimate of drug-likeness (QED) is 0.648. The molecule has 0 bridgehead atoms. The van der Waals surface area contributed by atoms with Gasteiger partial charge in [0.15, 0.2) is 5.82 Å².